The van der Waals surface area contributed by atoms with Gasteiger partial charge in [-0.15, -0.1) is 0 Å². The van der Waals surface area contributed by atoms with Gasteiger partial charge >= 0.3 is 6.09 Å². The summed E-state index contributed by atoms with van der Waals surface area (Å²) in [6.45, 7) is 0.318. The van der Waals surface area contributed by atoms with Crippen LogP contribution in [0.1, 0.15) is 32.1 Å². The zero-order valence-corrected chi connectivity index (χ0v) is 9.13. The van der Waals surface area contributed by atoms with Crippen LogP contribution >= 0.6 is 0 Å². The first kappa shape index (κ1) is 11.1. The first-order valence-electron chi connectivity index (χ1n) is 5.79. The molecule has 6 heteroatoms. The normalized spacial score (nSPS) is 27.8. The molecule has 1 aliphatic heterocycles. The summed E-state index contributed by atoms with van der Waals surface area (Å²) in [4.78, 5) is 13.9. The number of rotatable bonds is 3. The fraction of sp³-hybridized carbons (Fsp3) is 0.900. The lowest BCUT2D eigenvalue weighted by atomic mass is 9.81. The van der Waals surface area contributed by atoms with E-state index in [1.165, 1.54) is 19.3 Å². The van der Waals surface area contributed by atoms with E-state index in [0.29, 0.717) is 12.5 Å². The third-order valence-electron chi connectivity index (χ3n) is 3.43. The summed E-state index contributed by atoms with van der Waals surface area (Å²) in [6.07, 6.45) is 5.38. The second-order valence-corrected chi connectivity index (χ2v) is 4.44. The molecular formula is C10H16N4O2. The third-order valence-corrected chi connectivity index (χ3v) is 3.43. The first-order chi connectivity index (χ1) is 7.81. The minimum absolute atomic E-state index is 0.147. The molecule has 1 aliphatic carbocycles. The Hall–Kier alpha value is -1.42. The van der Waals surface area contributed by atoms with Crippen molar-refractivity contribution in [2.24, 2.45) is 11.0 Å². The molecule has 2 fully saturated rings. The van der Waals surface area contributed by atoms with Gasteiger partial charge in [0.05, 0.1) is 12.1 Å². The number of nitrogens with zero attached hydrogens (tertiary/aromatic N) is 3. The number of azide groups is 1. The number of carbonyl (C=O) groups excluding carboxylic acids is 1. The van der Waals surface area contributed by atoms with Crippen molar-refractivity contribution in [2.45, 2.75) is 44.2 Å². The molecular weight excluding hydrogens is 208 g/mol. The molecule has 1 amide bonds. The van der Waals surface area contributed by atoms with Crippen molar-refractivity contribution in [2.75, 3.05) is 6.61 Å². The molecule has 1 N–H and O–H groups in total. The predicted molar refractivity (Wildman–Crippen MR) is 57.8 cm³/mol. The zero-order chi connectivity index (χ0) is 11.4. The van der Waals surface area contributed by atoms with Crippen molar-refractivity contribution in [1.29, 1.82) is 0 Å². The van der Waals surface area contributed by atoms with Crippen LogP contribution in [0.2, 0.25) is 0 Å². The summed E-state index contributed by atoms with van der Waals surface area (Å²) in [5.41, 5.74) is 8.60. The number of nitrogens with one attached hydrogen (secondary N) is 1. The topological polar surface area (TPSA) is 87.1 Å². The highest BCUT2D eigenvalue weighted by Crippen LogP contribution is 2.30. The molecule has 0 aromatic rings. The molecule has 1 saturated carbocycles. The third kappa shape index (κ3) is 2.39. The highest BCUT2D eigenvalue weighted by Gasteiger charge is 2.35. The quantitative estimate of drug-likeness (QED) is 0.453. The van der Waals surface area contributed by atoms with Crippen LogP contribution in [0.15, 0.2) is 5.11 Å². The lowest BCUT2D eigenvalue weighted by Gasteiger charge is -2.29. The van der Waals surface area contributed by atoms with Gasteiger partial charge in [0.15, 0.2) is 0 Å². The molecule has 0 spiro atoms. The minimum Gasteiger partial charge on any atom is -0.447 e. The summed E-state index contributed by atoms with van der Waals surface area (Å²) in [5.74, 6) is 0.386. The number of alkyl carbamates (subject to hydrolysis) is 1. The summed E-state index contributed by atoms with van der Waals surface area (Å²) in [7, 11) is 0. The maximum atomic E-state index is 11.0. The monoisotopic (exact) mass is 224 g/mol. The summed E-state index contributed by atoms with van der Waals surface area (Å²) in [6, 6.07) is -0.303. The van der Waals surface area contributed by atoms with Crippen LogP contribution in [-0.4, -0.2) is 24.8 Å². The lowest BCUT2D eigenvalue weighted by Crippen LogP contribution is -2.41. The Morgan fingerprint density at radius 3 is 2.75 bits per heavy atom. The van der Waals surface area contributed by atoms with Gasteiger partial charge in [-0.05, 0) is 24.3 Å². The van der Waals surface area contributed by atoms with E-state index >= 15 is 0 Å². The van der Waals surface area contributed by atoms with Crippen molar-refractivity contribution in [3.05, 3.63) is 10.4 Å². The largest absolute Gasteiger partial charge is 0.447 e. The predicted octanol–water partition coefficient (Wildman–Crippen LogP) is 2.35. The van der Waals surface area contributed by atoms with Crippen LogP contribution in [0.3, 0.4) is 0 Å². The number of amides is 1. The summed E-state index contributed by atoms with van der Waals surface area (Å²) >= 11 is 0. The standard InChI is InChI=1S/C10H16N4O2/c11-14-13-9(7-4-2-1-3-5-7)8-6-16-10(15)12-8/h7-9H,1-6H2,(H,12,15)/t8-,9+/m1/s1. The smallest absolute Gasteiger partial charge is 0.407 e. The molecule has 6 nitrogen and oxygen atoms in total. The van der Waals surface area contributed by atoms with E-state index in [9.17, 15) is 4.79 Å². The maximum Gasteiger partial charge on any atom is 0.407 e. The highest BCUT2D eigenvalue weighted by atomic mass is 16.6. The van der Waals surface area contributed by atoms with Crippen molar-refractivity contribution >= 4 is 6.09 Å². The van der Waals surface area contributed by atoms with Gasteiger partial charge in [0.1, 0.15) is 6.61 Å². The molecule has 16 heavy (non-hydrogen) atoms. The molecule has 88 valence electrons. The van der Waals surface area contributed by atoms with Gasteiger partial charge in [0, 0.05) is 4.91 Å². The van der Waals surface area contributed by atoms with Crippen LogP contribution in [0.25, 0.3) is 10.4 Å². The molecule has 0 bridgehead atoms. The van der Waals surface area contributed by atoms with E-state index in [4.69, 9.17) is 10.3 Å². The fourth-order valence-corrected chi connectivity index (χ4v) is 2.62. The first-order valence-corrected chi connectivity index (χ1v) is 5.79. The van der Waals surface area contributed by atoms with Crippen molar-refractivity contribution in [3.63, 3.8) is 0 Å². The van der Waals surface area contributed by atoms with E-state index in [0.717, 1.165) is 12.8 Å². The van der Waals surface area contributed by atoms with Gasteiger partial charge < -0.3 is 10.1 Å². The number of carbonyl (C=O) groups is 1. The maximum absolute atomic E-state index is 11.0. The fourth-order valence-electron chi connectivity index (χ4n) is 2.62. The Morgan fingerprint density at radius 1 is 1.44 bits per heavy atom. The molecule has 0 radical (unpaired) electrons. The van der Waals surface area contributed by atoms with Crippen LogP contribution in [-0.2, 0) is 4.74 Å². The number of cyclic esters (lactones) is 1. The Morgan fingerprint density at radius 2 is 2.19 bits per heavy atom. The number of hydrogen-bond acceptors (Lipinski definition) is 3. The molecule has 2 rings (SSSR count). The van der Waals surface area contributed by atoms with Crippen LogP contribution < -0.4 is 5.32 Å². The number of hydrogen-bond donors (Lipinski definition) is 1. The molecule has 1 heterocycles. The Balaban J connectivity index is 2.03. The molecule has 0 unspecified atom stereocenters. The summed E-state index contributed by atoms with van der Waals surface area (Å²) in [5, 5.41) is 6.56. The van der Waals surface area contributed by atoms with Crippen LogP contribution in [0.4, 0.5) is 4.79 Å². The van der Waals surface area contributed by atoms with Gasteiger partial charge in [-0.2, -0.15) is 0 Å². The van der Waals surface area contributed by atoms with Gasteiger partial charge in [-0.3, -0.25) is 0 Å². The molecule has 0 aromatic heterocycles. The second kappa shape index (κ2) is 5.07. The van der Waals surface area contributed by atoms with Gasteiger partial charge in [-0.25, -0.2) is 4.79 Å². The van der Waals surface area contributed by atoms with Crippen molar-refractivity contribution in [1.82, 2.24) is 5.32 Å². The Labute approximate surface area is 94.0 Å². The molecule has 1 saturated heterocycles. The Kier molecular flexibility index (Phi) is 3.51. The Bertz CT molecular complexity index is 308. The average Bonchev–Trinajstić information content (AvgIpc) is 2.74. The SMILES string of the molecule is [N-]=[N+]=N[C@@H](C1CCCCC1)[C@H]1COC(=O)N1. The van der Waals surface area contributed by atoms with Crippen molar-refractivity contribution < 1.29 is 9.53 Å². The van der Waals surface area contributed by atoms with E-state index < -0.39 is 6.09 Å². The van der Waals surface area contributed by atoms with Gasteiger partial charge in [-0.1, -0.05) is 24.4 Å². The van der Waals surface area contributed by atoms with E-state index in [-0.39, 0.29) is 12.1 Å². The molecule has 0 aromatic carbocycles. The van der Waals surface area contributed by atoms with Gasteiger partial charge in [0.2, 0.25) is 0 Å². The lowest BCUT2D eigenvalue weighted by molar-refractivity contribution is 0.174. The zero-order valence-electron chi connectivity index (χ0n) is 9.13. The van der Waals surface area contributed by atoms with E-state index in [1.807, 2.05) is 0 Å². The summed E-state index contributed by atoms with van der Waals surface area (Å²) < 4.78 is 4.85. The average molecular weight is 224 g/mol. The van der Waals surface area contributed by atoms with Crippen LogP contribution in [0.5, 0.6) is 0 Å². The minimum atomic E-state index is -0.404. The van der Waals surface area contributed by atoms with Crippen molar-refractivity contribution in [3.8, 4) is 0 Å². The molecule has 2 aliphatic rings. The van der Waals surface area contributed by atoms with E-state index in [1.54, 1.807) is 0 Å². The number of ether oxygens (including phenoxy) is 1. The second-order valence-electron chi connectivity index (χ2n) is 4.44. The van der Waals surface area contributed by atoms with E-state index in [2.05, 4.69) is 15.3 Å². The highest BCUT2D eigenvalue weighted by molar-refractivity contribution is 5.69. The molecule has 2 atom stereocenters. The van der Waals surface area contributed by atoms with Crippen LogP contribution in [0, 0.1) is 5.92 Å². The van der Waals surface area contributed by atoms with Gasteiger partial charge in [0.25, 0.3) is 0 Å².